The number of carbonyl (C=O) groups excluding carboxylic acids is 2. The van der Waals surface area contributed by atoms with Gasteiger partial charge < -0.3 is 25.2 Å². The van der Waals surface area contributed by atoms with Gasteiger partial charge in [0, 0.05) is 25.0 Å². The number of carboxylic acids is 1. The molecule has 8 nitrogen and oxygen atoms in total. The molecule has 8 heteroatoms. The van der Waals surface area contributed by atoms with E-state index in [1.807, 2.05) is 36.4 Å². The van der Waals surface area contributed by atoms with Gasteiger partial charge in [-0.3, -0.25) is 9.59 Å². The fourth-order valence-electron chi connectivity index (χ4n) is 5.64. The molecule has 2 aromatic carbocycles. The molecule has 1 saturated heterocycles. The number of fused-ring (bicyclic) bond motifs is 3. The lowest BCUT2D eigenvalue weighted by Gasteiger charge is -2.34. The van der Waals surface area contributed by atoms with E-state index in [0.29, 0.717) is 25.9 Å². The number of rotatable bonds is 6. The van der Waals surface area contributed by atoms with E-state index in [9.17, 15) is 19.5 Å². The van der Waals surface area contributed by atoms with E-state index in [0.717, 1.165) is 35.1 Å². The molecular formula is C27H30N2O6. The maximum atomic E-state index is 13.3. The fraction of sp³-hybridized carbons (Fsp3) is 0.444. The van der Waals surface area contributed by atoms with Crippen LogP contribution >= 0.6 is 0 Å². The lowest BCUT2D eigenvalue weighted by Crippen LogP contribution is -2.62. The van der Waals surface area contributed by atoms with Crippen LogP contribution in [-0.4, -0.2) is 54.5 Å². The summed E-state index contributed by atoms with van der Waals surface area (Å²) in [5.74, 6) is -2.03. The average Bonchev–Trinajstić information content (AvgIpc) is 3.46. The number of aliphatic carboxylic acids is 1. The Bertz CT molecular complexity index is 1080. The van der Waals surface area contributed by atoms with Gasteiger partial charge in [0.2, 0.25) is 5.91 Å². The fourth-order valence-corrected chi connectivity index (χ4v) is 5.64. The Morgan fingerprint density at radius 3 is 2.29 bits per heavy atom. The topological polar surface area (TPSA) is 114 Å². The lowest BCUT2D eigenvalue weighted by molar-refractivity contribution is -0.144. The summed E-state index contributed by atoms with van der Waals surface area (Å²) < 4.78 is 11.1. The smallest absolute Gasteiger partial charge is 0.408 e. The molecular weight excluding hydrogens is 448 g/mol. The summed E-state index contributed by atoms with van der Waals surface area (Å²) in [6.07, 6.45) is 2.43. The van der Waals surface area contributed by atoms with Crippen LogP contribution in [0.1, 0.15) is 49.1 Å². The molecule has 0 spiro atoms. The first-order valence-corrected chi connectivity index (χ1v) is 12.2. The van der Waals surface area contributed by atoms with Crippen molar-refractivity contribution in [3.05, 3.63) is 59.7 Å². The first-order valence-electron chi connectivity index (χ1n) is 12.2. The SMILES string of the molecule is O=C(NC1(C(=O)N[C@H]2CCCC[C@H]2C(=O)O)CCOC1)OCC1c2ccccc2-c2ccccc21. The summed E-state index contributed by atoms with van der Waals surface area (Å²) in [5.41, 5.74) is 3.21. The molecule has 2 fully saturated rings. The number of amides is 2. The quantitative estimate of drug-likeness (QED) is 0.586. The molecule has 2 amide bonds. The van der Waals surface area contributed by atoms with Crippen molar-refractivity contribution in [1.82, 2.24) is 10.6 Å². The zero-order valence-electron chi connectivity index (χ0n) is 19.5. The largest absolute Gasteiger partial charge is 0.481 e. The van der Waals surface area contributed by atoms with Crippen LogP contribution in [0.4, 0.5) is 4.79 Å². The van der Waals surface area contributed by atoms with Crippen LogP contribution in [0, 0.1) is 5.92 Å². The average molecular weight is 479 g/mol. The van der Waals surface area contributed by atoms with Crippen molar-refractivity contribution >= 4 is 18.0 Å². The Labute approximate surface area is 204 Å². The standard InChI is InChI=1S/C27H30N2O6/c30-24(31)21-11-5-6-12-23(21)28-25(32)27(13-14-34-16-27)29-26(33)35-15-22-19-9-3-1-7-17(19)18-8-2-4-10-20(18)22/h1-4,7-10,21-23H,5-6,11-16H2,(H,28,32)(H,29,33)(H,30,31)/t21-,23+,27?/m1/s1. The van der Waals surface area contributed by atoms with Gasteiger partial charge in [-0.25, -0.2) is 4.79 Å². The predicted octanol–water partition coefficient (Wildman–Crippen LogP) is 3.44. The van der Waals surface area contributed by atoms with Crippen molar-refractivity contribution < 1.29 is 29.0 Å². The molecule has 5 rings (SSSR count). The van der Waals surface area contributed by atoms with E-state index in [2.05, 4.69) is 22.8 Å². The molecule has 0 radical (unpaired) electrons. The van der Waals surface area contributed by atoms with Crippen LogP contribution in [0.15, 0.2) is 48.5 Å². The van der Waals surface area contributed by atoms with Gasteiger partial charge >= 0.3 is 12.1 Å². The number of ether oxygens (including phenoxy) is 2. The minimum atomic E-state index is -1.27. The second-order valence-corrected chi connectivity index (χ2v) is 9.64. The van der Waals surface area contributed by atoms with Crippen LogP contribution in [0.2, 0.25) is 0 Å². The number of carboxylic acid groups (broad SMARTS) is 1. The van der Waals surface area contributed by atoms with Crippen LogP contribution in [-0.2, 0) is 19.1 Å². The minimum absolute atomic E-state index is 0.0213. The van der Waals surface area contributed by atoms with Crippen molar-refractivity contribution in [2.24, 2.45) is 5.92 Å². The van der Waals surface area contributed by atoms with E-state index in [4.69, 9.17) is 9.47 Å². The van der Waals surface area contributed by atoms with Gasteiger partial charge in [-0.1, -0.05) is 61.4 Å². The second-order valence-electron chi connectivity index (χ2n) is 9.64. The van der Waals surface area contributed by atoms with E-state index in [-0.39, 0.29) is 19.1 Å². The maximum absolute atomic E-state index is 13.3. The van der Waals surface area contributed by atoms with Gasteiger partial charge in [0.15, 0.2) is 0 Å². The van der Waals surface area contributed by atoms with Crippen LogP contribution in [0.5, 0.6) is 0 Å². The third kappa shape index (κ3) is 4.50. The van der Waals surface area contributed by atoms with Crippen molar-refractivity contribution in [1.29, 1.82) is 0 Å². The molecule has 184 valence electrons. The number of carbonyl (C=O) groups is 3. The molecule has 3 atom stereocenters. The third-order valence-electron chi connectivity index (χ3n) is 7.54. The van der Waals surface area contributed by atoms with Gasteiger partial charge in [0.1, 0.15) is 12.1 Å². The summed E-state index contributed by atoms with van der Waals surface area (Å²) in [6.45, 7) is 0.486. The molecule has 1 heterocycles. The first-order chi connectivity index (χ1) is 17.0. The minimum Gasteiger partial charge on any atom is -0.481 e. The van der Waals surface area contributed by atoms with Gasteiger partial charge in [0.05, 0.1) is 12.5 Å². The number of nitrogens with one attached hydrogen (secondary N) is 2. The van der Waals surface area contributed by atoms with Crippen LogP contribution in [0.3, 0.4) is 0 Å². The highest BCUT2D eigenvalue weighted by Gasteiger charge is 2.46. The molecule has 3 N–H and O–H groups in total. The molecule has 0 aromatic heterocycles. The van der Waals surface area contributed by atoms with E-state index in [1.165, 1.54) is 0 Å². The number of alkyl carbamates (subject to hydrolysis) is 1. The molecule has 35 heavy (non-hydrogen) atoms. The van der Waals surface area contributed by atoms with Crippen LogP contribution in [0.25, 0.3) is 11.1 Å². The summed E-state index contributed by atoms with van der Waals surface area (Å²) in [4.78, 5) is 37.8. The molecule has 1 saturated carbocycles. The molecule has 2 aromatic rings. The first kappa shape index (κ1) is 23.4. The Hall–Kier alpha value is -3.39. The Kier molecular flexibility index (Phi) is 6.47. The van der Waals surface area contributed by atoms with Crippen molar-refractivity contribution in [2.45, 2.75) is 49.6 Å². The number of benzene rings is 2. The third-order valence-corrected chi connectivity index (χ3v) is 7.54. The zero-order chi connectivity index (χ0) is 24.4. The van der Waals surface area contributed by atoms with Crippen molar-refractivity contribution in [2.75, 3.05) is 19.8 Å². The molecule has 3 aliphatic rings. The summed E-state index contributed by atoms with van der Waals surface area (Å²) in [5, 5.41) is 15.2. The second kappa shape index (κ2) is 9.70. The normalized spacial score (nSPS) is 25.4. The lowest BCUT2D eigenvalue weighted by atomic mass is 9.83. The van der Waals surface area contributed by atoms with Gasteiger partial charge in [-0.05, 0) is 35.1 Å². The molecule has 1 unspecified atom stereocenters. The highest BCUT2D eigenvalue weighted by molar-refractivity contribution is 5.91. The van der Waals surface area contributed by atoms with Crippen molar-refractivity contribution in [3.63, 3.8) is 0 Å². The summed E-state index contributed by atoms with van der Waals surface area (Å²) in [7, 11) is 0. The Morgan fingerprint density at radius 1 is 1.00 bits per heavy atom. The Balaban J connectivity index is 1.26. The van der Waals surface area contributed by atoms with E-state index >= 15 is 0 Å². The van der Waals surface area contributed by atoms with Crippen molar-refractivity contribution in [3.8, 4) is 11.1 Å². The van der Waals surface area contributed by atoms with Gasteiger partial charge in [-0.2, -0.15) is 0 Å². The summed E-state index contributed by atoms with van der Waals surface area (Å²) in [6, 6.07) is 15.7. The summed E-state index contributed by atoms with van der Waals surface area (Å²) >= 11 is 0. The molecule has 1 aliphatic heterocycles. The van der Waals surface area contributed by atoms with Crippen LogP contribution < -0.4 is 10.6 Å². The highest BCUT2D eigenvalue weighted by atomic mass is 16.6. The number of hydrogen-bond donors (Lipinski definition) is 3. The number of hydrogen-bond acceptors (Lipinski definition) is 5. The Morgan fingerprint density at radius 2 is 1.66 bits per heavy atom. The zero-order valence-corrected chi connectivity index (χ0v) is 19.5. The van der Waals surface area contributed by atoms with Gasteiger partial charge in [-0.15, -0.1) is 0 Å². The maximum Gasteiger partial charge on any atom is 0.408 e. The monoisotopic (exact) mass is 478 g/mol. The van der Waals surface area contributed by atoms with E-state index in [1.54, 1.807) is 0 Å². The highest BCUT2D eigenvalue weighted by Crippen LogP contribution is 2.44. The van der Waals surface area contributed by atoms with E-state index < -0.39 is 35.5 Å². The predicted molar refractivity (Wildman–Crippen MR) is 128 cm³/mol. The molecule has 2 aliphatic carbocycles. The van der Waals surface area contributed by atoms with Gasteiger partial charge in [0.25, 0.3) is 0 Å². The molecule has 0 bridgehead atoms.